The Bertz CT molecular complexity index is 1580. The largest absolute Gasteiger partial charge is 0.462 e. The molecule has 6 heteroatoms. The molecule has 1 atom stereocenters. The van der Waals surface area contributed by atoms with Gasteiger partial charge in [-0.15, -0.1) is 0 Å². The smallest absolute Gasteiger partial charge is 0.309 e. The molecule has 466 valence electrons. The quantitative estimate of drug-likeness (QED) is 0.0261. The van der Waals surface area contributed by atoms with Gasteiger partial charge in [0, 0.05) is 12.8 Å². The van der Waals surface area contributed by atoms with E-state index in [2.05, 4.69) is 106 Å². The zero-order valence-corrected chi connectivity index (χ0v) is 53.5. The van der Waals surface area contributed by atoms with E-state index in [9.17, 15) is 14.4 Å². The predicted molar refractivity (Wildman–Crippen MR) is 353 cm³/mol. The Morgan fingerprint density at radius 3 is 0.877 bits per heavy atom. The van der Waals surface area contributed by atoms with Gasteiger partial charge in [-0.25, -0.2) is 0 Å². The minimum Gasteiger partial charge on any atom is -0.462 e. The maximum Gasteiger partial charge on any atom is 0.309 e. The average Bonchev–Trinajstić information content (AvgIpc) is 3.47. The monoisotopic (exact) mass is 1130 g/mol. The third-order valence-corrected chi connectivity index (χ3v) is 15.1. The number of ether oxygens (including phenoxy) is 3. The van der Waals surface area contributed by atoms with Crippen molar-refractivity contribution in [2.24, 2.45) is 0 Å². The molecule has 0 radical (unpaired) electrons. The molecule has 0 fully saturated rings. The van der Waals surface area contributed by atoms with Gasteiger partial charge in [0.25, 0.3) is 0 Å². The maximum absolute atomic E-state index is 12.9. The van der Waals surface area contributed by atoms with E-state index in [1.807, 2.05) is 6.08 Å². The summed E-state index contributed by atoms with van der Waals surface area (Å²) in [6.07, 6.45) is 93.2. The zero-order chi connectivity index (χ0) is 58.5. The van der Waals surface area contributed by atoms with Crippen molar-refractivity contribution in [2.75, 3.05) is 13.2 Å². The van der Waals surface area contributed by atoms with Crippen molar-refractivity contribution >= 4 is 17.9 Å². The van der Waals surface area contributed by atoms with Gasteiger partial charge in [-0.05, 0) is 103 Å². The van der Waals surface area contributed by atoms with Crippen LogP contribution in [0.2, 0.25) is 0 Å². The van der Waals surface area contributed by atoms with Crippen LogP contribution >= 0.6 is 0 Å². The first-order chi connectivity index (χ1) is 40.0. The first-order valence-electron chi connectivity index (χ1n) is 34.7. The Kier molecular flexibility index (Phi) is 65.7. The molecule has 0 rings (SSSR count). The molecule has 0 amide bonds. The number of esters is 3. The van der Waals surface area contributed by atoms with Gasteiger partial charge >= 0.3 is 17.9 Å². The van der Waals surface area contributed by atoms with Crippen LogP contribution in [0.3, 0.4) is 0 Å². The van der Waals surface area contributed by atoms with Gasteiger partial charge in [-0.3, -0.25) is 14.4 Å². The molecule has 1 unspecified atom stereocenters. The van der Waals surface area contributed by atoms with E-state index in [4.69, 9.17) is 14.2 Å². The van der Waals surface area contributed by atoms with Crippen molar-refractivity contribution in [1.29, 1.82) is 0 Å². The summed E-state index contributed by atoms with van der Waals surface area (Å²) >= 11 is 0. The Balaban J connectivity index is 4.37. The molecule has 6 nitrogen and oxygen atoms in total. The van der Waals surface area contributed by atoms with Crippen LogP contribution in [-0.2, 0) is 28.6 Å². The highest BCUT2D eigenvalue weighted by Crippen LogP contribution is 2.17. The van der Waals surface area contributed by atoms with Gasteiger partial charge in [-0.1, -0.05) is 317 Å². The SMILES string of the molecule is CC/C=C\C/C=C\C/C=C\C/C=C\C/C=C\CC(=O)OCC(COC(=O)CCCCCCCCCCCCCCC/C=C\CCCCCCCCCC)OC(=O)CCCCCCCCCCCCC/C=C\C/C=C\CCCCCCC. The standard InChI is InChI=1S/C75H130O6/c1-4-7-10-13-16-19-22-25-28-30-32-34-36-37-39-40-42-44-47-50-53-56-59-62-65-68-74(77)80-71-72(70-79-73(76)67-64-61-58-55-52-49-46-27-24-21-18-15-12-9-6-3)81-75(78)69-66-63-60-57-54-51-48-45-43-41-38-35-33-31-29-26-23-20-17-14-11-8-5-2/h9,12,18,21,23,26-27,30-33,46,52,55,61,64,72H,4-8,10-11,13-17,19-20,22,24-25,28-29,34-45,47-51,53-54,56-60,62-63,65-71H2,1-3H3/b12-9-,21-18-,26-23-,32-30-,33-31-,46-27-,55-52-,64-61-. The fourth-order valence-electron chi connectivity index (χ4n) is 9.90. The van der Waals surface area contributed by atoms with Gasteiger partial charge in [0.15, 0.2) is 6.10 Å². The first kappa shape index (κ1) is 77.3. The molecule has 0 aromatic rings. The number of hydrogen-bond acceptors (Lipinski definition) is 6. The van der Waals surface area contributed by atoms with Crippen LogP contribution in [-0.4, -0.2) is 37.2 Å². The molecule has 0 spiro atoms. The molecular weight excluding hydrogens is 997 g/mol. The summed E-state index contributed by atoms with van der Waals surface area (Å²) in [6, 6.07) is 0. The summed E-state index contributed by atoms with van der Waals surface area (Å²) in [5, 5.41) is 0. The highest BCUT2D eigenvalue weighted by atomic mass is 16.6. The molecular formula is C75H130O6. The summed E-state index contributed by atoms with van der Waals surface area (Å²) in [7, 11) is 0. The highest BCUT2D eigenvalue weighted by Gasteiger charge is 2.19. The van der Waals surface area contributed by atoms with Crippen molar-refractivity contribution < 1.29 is 28.6 Å². The summed E-state index contributed by atoms with van der Waals surface area (Å²) in [5.74, 6) is -1.03. The van der Waals surface area contributed by atoms with E-state index in [-0.39, 0.29) is 31.6 Å². The molecule has 0 aromatic carbocycles. The van der Waals surface area contributed by atoms with Crippen LogP contribution in [0.5, 0.6) is 0 Å². The minimum absolute atomic E-state index is 0.107. The lowest BCUT2D eigenvalue weighted by atomic mass is 10.0. The molecule has 0 aliphatic rings. The van der Waals surface area contributed by atoms with Gasteiger partial charge in [0.2, 0.25) is 0 Å². The summed E-state index contributed by atoms with van der Waals surface area (Å²) < 4.78 is 16.9. The maximum atomic E-state index is 12.9. The van der Waals surface area contributed by atoms with E-state index in [0.29, 0.717) is 12.8 Å². The van der Waals surface area contributed by atoms with Crippen LogP contribution in [0.4, 0.5) is 0 Å². The second-order valence-electron chi connectivity index (χ2n) is 23.1. The highest BCUT2D eigenvalue weighted by molar-refractivity contribution is 5.72. The molecule has 0 heterocycles. The number of carbonyl (C=O) groups excluding carboxylic acids is 3. The lowest BCUT2D eigenvalue weighted by molar-refractivity contribution is -0.166. The topological polar surface area (TPSA) is 78.9 Å². The first-order valence-corrected chi connectivity index (χ1v) is 34.7. The Hall–Kier alpha value is -3.67. The van der Waals surface area contributed by atoms with Gasteiger partial charge in [0.05, 0.1) is 6.42 Å². The lowest BCUT2D eigenvalue weighted by Gasteiger charge is -2.18. The van der Waals surface area contributed by atoms with E-state index < -0.39 is 12.1 Å². The molecule has 0 aliphatic heterocycles. The number of carbonyl (C=O) groups is 3. The van der Waals surface area contributed by atoms with Gasteiger partial charge < -0.3 is 14.2 Å². The van der Waals surface area contributed by atoms with Crippen molar-refractivity contribution in [2.45, 2.75) is 348 Å². The molecule has 81 heavy (non-hydrogen) atoms. The van der Waals surface area contributed by atoms with Crippen LogP contribution in [0.1, 0.15) is 342 Å². The van der Waals surface area contributed by atoms with Crippen molar-refractivity contribution in [3.8, 4) is 0 Å². The predicted octanol–water partition coefficient (Wildman–Crippen LogP) is 24.0. The van der Waals surface area contributed by atoms with Crippen molar-refractivity contribution in [1.82, 2.24) is 0 Å². The molecule has 0 N–H and O–H groups in total. The van der Waals surface area contributed by atoms with E-state index in [1.54, 1.807) is 6.08 Å². The van der Waals surface area contributed by atoms with Gasteiger partial charge in [0.1, 0.15) is 13.2 Å². The van der Waals surface area contributed by atoms with Crippen molar-refractivity contribution in [3.05, 3.63) is 97.2 Å². The molecule has 0 aromatic heterocycles. The normalized spacial score (nSPS) is 12.7. The second-order valence-corrected chi connectivity index (χ2v) is 23.1. The second kappa shape index (κ2) is 68.8. The fourth-order valence-corrected chi connectivity index (χ4v) is 9.90. The zero-order valence-electron chi connectivity index (χ0n) is 53.5. The molecule has 0 bridgehead atoms. The van der Waals surface area contributed by atoms with Gasteiger partial charge in [-0.2, -0.15) is 0 Å². The number of unbranched alkanes of at least 4 members (excludes halogenated alkanes) is 37. The van der Waals surface area contributed by atoms with Crippen LogP contribution < -0.4 is 0 Å². The Labute approximate surface area is 502 Å². The molecule has 0 saturated carbocycles. The summed E-state index contributed by atoms with van der Waals surface area (Å²) in [4.78, 5) is 38.4. The van der Waals surface area contributed by atoms with Crippen molar-refractivity contribution in [3.63, 3.8) is 0 Å². The minimum atomic E-state index is -0.821. The van der Waals surface area contributed by atoms with E-state index in [1.165, 1.54) is 225 Å². The van der Waals surface area contributed by atoms with Crippen LogP contribution in [0.15, 0.2) is 97.2 Å². The Morgan fingerprint density at radius 2 is 0.531 bits per heavy atom. The number of hydrogen-bond donors (Lipinski definition) is 0. The van der Waals surface area contributed by atoms with E-state index in [0.717, 1.165) is 77.0 Å². The van der Waals surface area contributed by atoms with E-state index >= 15 is 0 Å². The molecule has 0 aliphatic carbocycles. The van der Waals surface area contributed by atoms with Crippen LogP contribution in [0.25, 0.3) is 0 Å². The molecule has 0 saturated heterocycles. The summed E-state index contributed by atoms with van der Waals surface area (Å²) in [5.41, 5.74) is 0. The number of rotatable bonds is 63. The average molecular weight is 1130 g/mol. The number of allylic oxidation sites excluding steroid dienone is 15. The summed E-state index contributed by atoms with van der Waals surface area (Å²) in [6.45, 7) is 6.47. The fraction of sp³-hybridized carbons (Fsp3) is 0.747. The Morgan fingerprint density at radius 1 is 0.272 bits per heavy atom. The van der Waals surface area contributed by atoms with Crippen LogP contribution in [0, 0.1) is 0 Å². The third kappa shape index (κ3) is 67.0. The third-order valence-electron chi connectivity index (χ3n) is 15.1. The lowest BCUT2D eigenvalue weighted by Crippen LogP contribution is -2.30.